The minimum atomic E-state index is 0.646. The van der Waals surface area contributed by atoms with Crippen molar-refractivity contribution in [3.8, 4) is 17.2 Å². The predicted octanol–water partition coefficient (Wildman–Crippen LogP) is 4.09. The highest BCUT2D eigenvalue weighted by Gasteiger charge is 2.06. The standard InChI is InChI=1S/C16H18BrNO3/c1-19-14-5-4-11(16(9-14)21-3)10-18-13-6-12(17)7-15(8-13)20-2/h4-9,18H,10H2,1-3H3. The van der Waals surface area contributed by atoms with Gasteiger partial charge in [0, 0.05) is 34.4 Å². The summed E-state index contributed by atoms with van der Waals surface area (Å²) in [7, 11) is 4.94. The van der Waals surface area contributed by atoms with Gasteiger partial charge in [0.05, 0.1) is 21.3 Å². The van der Waals surface area contributed by atoms with Gasteiger partial charge >= 0.3 is 0 Å². The number of anilines is 1. The maximum atomic E-state index is 5.39. The maximum absolute atomic E-state index is 5.39. The first-order valence-electron chi connectivity index (χ1n) is 6.45. The van der Waals surface area contributed by atoms with E-state index in [0.717, 1.165) is 33.0 Å². The van der Waals surface area contributed by atoms with Gasteiger partial charge in [0.1, 0.15) is 17.2 Å². The van der Waals surface area contributed by atoms with E-state index in [1.165, 1.54) is 0 Å². The molecule has 2 aromatic carbocycles. The smallest absolute Gasteiger partial charge is 0.127 e. The molecule has 0 saturated heterocycles. The second-order valence-electron chi connectivity index (χ2n) is 4.41. The Labute approximate surface area is 133 Å². The van der Waals surface area contributed by atoms with E-state index in [1.807, 2.05) is 36.4 Å². The number of methoxy groups -OCH3 is 3. The van der Waals surface area contributed by atoms with E-state index < -0.39 is 0 Å². The fraction of sp³-hybridized carbons (Fsp3) is 0.250. The molecule has 0 heterocycles. The van der Waals surface area contributed by atoms with Gasteiger partial charge in [0.15, 0.2) is 0 Å². The third-order valence-corrected chi connectivity index (χ3v) is 3.54. The first-order valence-corrected chi connectivity index (χ1v) is 7.25. The number of nitrogens with one attached hydrogen (secondary N) is 1. The summed E-state index contributed by atoms with van der Waals surface area (Å²) in [6.07, 6.45) is 0. The van der Waals surface area contributed by atoms with Crippen LogP contribution in [0.4, 0.5) is 5.69 Å². The summed E-state index contributed by atoms with van der Waals surface area (Å²) in [5.74, 6) is 2.37. The van der Waals surface area contributed by atoms with Gasteiger partial charge < -0.3 is 19.5 Å². The Bertz CT molecular complexity index is 616. The summed E-state index contributed by atoms with van der Waals surface area (Å²) in [5.41, 5.74) is 2.02. The maximum Gasteiger partial charge on any atom is 0.127 e. The van der Waals surface area contributed by atoms with Gasteiger partial charge in [0.2, 0.25) is 0 Å². The molecule has 0 atom stereocenters. The Morgan fingerprint density at radius 2 is 1.67 bits per heavy atom. The molecule has 1 N–H and O–H groups in total. The number of hydrogen-bond acceptors (Lipinski definition) is 4. The zero-order valence-electron chi connectivity index (χ0n) is 12.3. The quantitative estimate of drug-likeness (QED) is 0.850. The lowest BCUT2D eigenvalue weighted by atomic mass is 10.2. The predicted molar refractivity (Wildman–Crippen MR) is 87.6 cm³/mol. The SMILES string of the molecule is COc1cc(Br)cc(NCc2ccc(OC)cc2OC)c1. The molecule has 0 spiro atoms. The molecule has 112 valence electrons. The van der Waals surface area contributed by atoms with Crippen LogP contribution in [0.15, 0.2) is 40.9 Å². The fourth-order valence-corrected chi connectivity index (χ4v) is 2.45. The van der Waals surface area contributed by atoms with Crippen LogP contribution in [-0.4, -0.2) is 21.3 Å². The summed E-state index contributed by atoms with van der Waals surface area (Å²) in [5, 5.41) is 3.36. The molecular formula is C16H18BrNO3. The number of benzene rings is 2. The van der Waals surface area contributed by atoms with E-state index in [1.54, 1.807) is 21.3 Å². The molecule has 2 rings (SSSR count). The Morgan fingerprint density at radius 1 is 0.905 bits per heavy atom. The molecule has 0 bridgehead atoms. The van der Waals surface area contributed by atoms with Crippen LogP contribution in [-0.2, 0) is 6.54 Å². The number of hydrogen-bond donors (Lipinski definition) is 1. The summed E-state index contributed by atoms with van der Waals surface area (Å²) in [6, 6.07) is 11.6. The summed E-state index contributed by atoms with van der Waals surface area (Å²) in [4.78, 5) is 0. The van der Waals surface area contributed by atoms with Crippen molar-refractivity contribution < 1.29 is 14.2 Å². The van der Waals surface area contributed by atoms with Crippen LogP contribution in [0.25, 0.3) is 0 Å². The molecule has 0 radical (unpaired) electrons. The van der Waals surface area contributed by atoms with Gasteiger partial charge in [-0.25, -0.2) is 0 Å². The van der Waals surface area contributed by atoms with E-state index in [2.05, 4.69) is 21.2 Å². The molecule has 2 aromatic rings. The van der Waals surface area contributed by atoms with Crippen LogP contribution in [0.2, 0.25) is 0 Å². The zero-order chi connectivity index (χ0) is 15.2. The second kappa shape index (κ2) is 7.22. The molecule has 0 saturated carbocycles. The largest absolute Gasteiger partial charge is 0.497 e. The Morgan fingerprint density at radius 3 is 2.33 bits per heavy atom. The van der Waals surface area contributed by atoms with Crippen molar-refractivity contribution in [1.29, 1.82) is 0 Å². The lowest BCUT2D eigenvalue weighted by Crippen LogP contribution is -2.02. The lowest BCUT2D eigenvalue weighted by molar-refractivity contribution is 0.391. The lowest BCUT2D eigenvalue weighted by Gasteiger charge is -2.13. The number of halogens is 1. The van der Waals surface area contributed by atoms with E-state index >= 15 is 0 Å². The Balaban J connectivity index is 2.14. The van der Waals surface area contributed by atoms with Gasteiger partial charge in [-0.3, -0.25) is 0 Å². The second-order valence-corrected chi connectivity index (χ2v) is 5.33. The summed E-state index contributed by atoms with van der Waals surface area (Å²) in [6.45, 7) is 0.646. The van der Waals surface area contributed by atoms with Crippen LogP contribution in [0.3, 0.4) is 0 Å². The molecule has 0 aliphatic rings. The molecule has 0 aliphatic heterocycles. The highest BCUT2D eigenvalue weighted by molar-refractivity contribution is 9.10. The van der Waals surface area contributed by atoms with Crippen LogP contribution < -0.4 is 19.5 Å². The van der Waals surface area contributed by atoms with Crippen molar-refractivity contribution in [3.05, 3.63) is 46.4 Å². The molecule has 0 fully saturated rings. The van der Waals surface area contributed by atoms with Crippen molar-refractivity contribution in [2.24, 2.45) is 0 Å². The number of ether oxygens (including phenoxy) is 3. The summed E-state index contributed by atoms with van der Waals surface area (Å²) < 4.78 is 16.8. The van der Waals surface area contributed by atoms with Gasteiger partial charge in [0.25, 0.3) is 0 Å². The van der Waals surface area contributed by atoms with E-state index in [4.69, 9.17) is 14.2 Å². The average Bonchev–Trinajstić information content (AvgIpc) is 2.52. The van der Waals surface area contributed by atoms with Crippen LogP contribution in [0, 0.1) is 0 Å². The van der Waals surface area contributed by atoms with Crippen molar-refractivity contribution >= 4 is 21.6 Å². The first-order chi connectivity index (χ1) is 10.2. The van der Waals surface area contributed by atoms with Crippen LogP contribution >= 0.6 is 15.9 Å². The molecule has 21 heavy (non-hydrogen) atoms. The molecular weight excluding hydrogens is 334 g/mol. The van der Waals surface area contributed by atoms with E-state index in [0.29, 0.717) is 6.54 Å². The monoisotopic (exact) mass is 351 g/mol. The minimum absolute atomic E-state index is 0.646. The summed E-state index contributed by atoms with van der Waals surface area (Å²) >= 11 is 3.47. The number of rotatable bonds is 6. The molecule has 0 unspecified atom stereocenters. The van der Waals surface area contributed by atoms with Gasteiger partial charge in [-0.2, -0.15) is 0 Å². The van der Waals surface area contributed by atoms with Gasteiger partial charge in [-0.15, -0.1) is 0 Å². The van der Waals surface area contributed by atoms with Gasteiger partial charge in [-0.1, -0.05) is 15.9 Å². The first kappa shape index (κ1) is 15.5. The van der Waals surface area contributed by atoms with E-state index in [-0.39, 0.29) is 0 Å². The topological polar surface area (TPSA) is 39.7 Å². The van der Waals surface area contributed by atoms with Crippen molar-refractivity contribution in [1.82, 2.24) is 0 Å². The third kappa shape index (κ3) is 4.04. The average molecular weight is 352 g/mol. The molecule has 0 amide bonds. The normalized spacial score (nSPS) is 10.1. The molecule has 5 heteroatoms. The zero-order valence-corrected chi connectivity index (χ0v) is 13.9. The fourth-order valence-electron chi connectivity index (χ4n) is 1.98. The molecule has 0 aliphatic carbocycles. The Hall–Kier alpha value is -1.88. The minimum Gasteiger partial charge on any atom is -0.497 e. The van der Waals surface area contributed by atoms with Crippen LogP contribution in [0.1, 0.15) is 5.56 Å². The molecule has 0 aromatic heterocycles. The van der Waals surface area contributed by atoms with Crippen molar-refractivity contribution in [2.45, 2.75) is 6.54 Å². The molecule has 4 nitrogen and oxygen atoms in total. The van der Waals surface area contributed by atoms with Crippen molar-refractivity contribution in [2.75, 3.05) is 26.6 Å². The van der Waals surface area contributed by atoms with Crippen molar-refractivity contribution in [3.63, 3.8) is 0 Å². The van der Waals surface area contributed by atoms with Gasteiger partial charge in [-0.05, 0) is 24.3 Å². The van der Waals surface area contributed by atoms with Crippen LogP contribution in [0.5, 0.6) is 17.2 Å². The highest BCUT2D eigenvalue weighted by atomic mass is 79.9. The third-order valence-electron chi connectivity index (χ3n) is 3.08. The Kier molecular flexibility index (Phi) is 5.33. The van der Waals surface area contributed by atoms with E-state index in [9.17, 15) is 0 Å². The highest BCUT2D eigenvalue weighted by Crippen LogP contribution is 2.27.